The fraction of sp³-hybridized carbons (Fsp3) is 0.0833. The van der Waals surface area contributed by atoms with Gasteiger partial charge in [0.1, 0.15) is 0 Å². The maximum Gasteiger partial charge on any atom is 0.325 e. The molecule has 0 unspecified atom stereocenters. The summed E-state index contributed by atoms with van der Waals surface area (Å²) in [6.07, 6.45) is 5.16. The van der Waals surface area contributed by atoms with E-state index in [0.29, 0.717) is 16.6 Å². The first kappa shape index (κ1) is 13.4. The number of para-hydroxylation sites is 1. The van der Waals surface area contributed by atoms with Gasteiger partial charge in [0.05, 0.1) is 5.75 Å². The number of nitrogens with one attached hydrogen (secondary N) is 2. The molecule has 0 saturated carbocycles. The van der Waals surface area contributed by atoms with Crippen LogP contribution in [-0.4, -0.2) is 22.0 Å². The Labute approximate surface area is 118 Å². The Morgan fingerprint density at radius 2 is 2.11 bits per heavy atom. The second kappa shape index (κ2) is 6.78. The van der Waals surface area contributed by atoms with Gasteiger partial charge in [0.2, 0.25) is 5.13 Å². The first-order valence-electron chi connectivity index (χ1n) is 5.31. The minimum atomic E-state index is -0.351. The highest BCUT2D eigenvalue weighted by Gasteiger charge is 2.08. The number of aromatic nitrogens is 2. The molecule has 0 spiro atoms. The van der Waals surface area contributed by atoms with Crippen molar-refractivity contribution in [2.24, 2.45) is 0 Å². The molecule has 2 N–H and O–H groups in total. The minimum absolute atomic E-state index is 0.351. The van der Waals surface area contributed by atoms with Gasteiger partial charge >= 0.3 is 6.03 Å². The molecule has 2 aromatic rings. The van der Waals surface area contributed by atoms with Crippen molar-refractivity contribution in [1.29, 1.82) is 0 Å². The largest absolute Gasteiger partial charge is 0.325 e. The Morgan fingerprint density at radius 1 is 1.32 bits per heavy atom. The Morgan fingerprint density at radius 3 is 2.84 bits per heavy atom. The van der Waals surface area contributed by atoms with Crippen LogP contribution in [0.5, 0.6) is 0 Å². The lowest BCUT2D eigenvalue weighted by Gasteiger charge is -2.03. The fourth-order valence-electron chi connectivity index (χ4n) is 1.20. The van der Waals surface area contributed by atoms with E-state index in [1.807, 2.05) is 18.2 Å². The van der Waals surface area contributed by atoms with Crippen LogP contribution in [0.15, 0.2) is 34.7 Å². The lowest BCUT2D eigenvalue weighted by Crippen LogP contribution is -2.19. The minimum Gasteiger partial charge on any atom is -0.308 e. The lowest BCUT2D eigenvalue weighted by atomic mass is 10.3. The molecule has 0 radical (unpaired) electrons. The summed E-state index contributed by atoms with van der Waals surface area (Å²) in [5.41, 5.74) is 0.714. The van der Waals surface area contributed by atoms with Crippen LogP contribution in [0.1, 0.15) is 0 Å². The quantitative estimate of drug-likeness (QED) is 0.516. The van der Waals surface area contributed by atoms with Crippen molar-refractivity contribution in [3.63, 3.8) is 0 Å². The molecule has 96 valence electrons. The van der Waals surface area contributed by atoms with Crippen LogP contribution in [0.25, 0.3) is 0 Å². The molecule has 2 amide bonds. The third-order valence-corrected chi connectivity index (χ3v) is 3.81. The molecule has 0 saturated heterocycles. The van der Waals surface area contributed by atoms with Crippen LogP contribution in [0.2, 0.25) is 0 Å². The molecular formula is C12H10N4OS2. The highest BCUT2D eigenvalue weighted by molar-refractivity contribution is 8.01. The number of anilines is 2. The number of carbonyl (C=O) groups excluding carboxylic acids is 1. The monoisotopic (exact) mass is 290 g/mol. The molecule has 1 heterocycles. The average Bonchev–Trinajstić information content (AvgIpc) is 2.85. The van der Waals surface area contributed by atoms with Crippen molar-refractivity contribution in [3.05, 3.63) is 30.3 Å². The highest BCUT2D eigenvalue weighted by atomic mass is 32.2. The van der Waals surface area contributed by atoms with Gasteiger partial charge in [0.25, 0.3) is 0 Å². The molecule has 0 aliphatic carbocycles. The first-order valence-corrected chi connectivity index (χ1v) is 7.11. The molecule has 7 heteroatoms. The first-order chi connectivity index (χ1) is 9.28. The van der Waals surface area contributed by atoms with Gasteiger partial charge < -0.3 is 5.32 Å². The smallest absolute Gasteiger partial charge is 0.308 e. The van der Waals surface area contributed by atoms with Crippen molar-refractivity contribution < 1.29 is 4.79 Å². The molecule has 0 aliphatic rings. The summed E-state index contributed by atoms with van der Waals surface area (Å²) in [5, 5.41) is 13.5. The summed E-state index contributed by atoms with van der Waals surface area (Å²) in [5.74, 6) is 3.03. The van der Waals surface area contributed by atoms with Gasteiger partial charge in [0, 0.05) is 5.69 Å². The molecule has 2 rings (SSSR count). The van der Waals surface area contributed by atoms with Crippen LogP contribution in [-0.2, 0) is 0 Å². The zero-order chi connectivity index (χ0) is 13.5. The van der Waals surface area contributed by atoms with E-state index in [-0.39, 0.29) is 6.03 Å². The van der Waals surface area contributed by atoms with Crippen LogP contribution in [0.3, 0.4) is 0 Å². The predicted molar refractivity (Wildman–Crippen MR) is 78.5 cm³/mol. The summed E-state index contributed by atoms with van der Waals surface area (Å²) in [4.78, 5) is 11.7. The zero-order valence-electron chi connectivity index (χ0n) is 9.79. The Balaban J connectivity index is 1.89. The number of benzene rings is 1. The summed E-state index contributed by atoms with van der Waals surface area (Å²) < 4.78 is 0.730. The third kappa shape index (κ3) is 4.28. The maximum atomic E-state index is 11.7. The standard InChI is InChI=1S/C12H10N4OS2/c1-2-8-18-12-16-15-11(19-12)14-10(17)13-9-6-4-3-5-7-9/h1,3-7H,8H2,(H2,13,14,15,17). The van der Waals surface area contributed by atoms with E-state index in [1.54, 1.807) is 12.1 Å². The van der Waals surface area contributed by atoms with Gasteiger partial charge in [-0.15, -0.1) is 16.6 Å². The van der Waals surface area contributed by atoms with Crippen LogP contribution in [0.4, 0.5) is 15.6 Å². The second-order valence-electron chi connectivity index (χ2n) is 3.31. The Bertz CT molecular complexity index is 591. The normalized spacial score (nSPS) is 9.63. The van der Waals surface area contributed by atoms with Crippen molar-refractivity contribution in [3.8, 4) is 12.3 Å². The summed E-state index contributed by atoms with van der Waals surface area (Å²) >= 11 is 2.69. The van der Waals surface area contributed by atoms with E-state index in [9.17, 15) is 4.79 Å². The summed E-state index contributed by atoms with van der Waals surface area (Å²) in [6, 6.07) is 8.81. The molecule has 1 aromatic heterocycles. The molecule has 5 nitrogen and oxygen atoms in total. The number of terminal acetylenes is 1. The molecule has 0 atom stereocenters. The van der Waals surface area contributed by atoms with Gasteiger partial charge in [-0.05, 0) is 12.1 Å². The van der Waals surface area contributed by atoms with Gasteiger partial charge in [-0.1, -0.05) is 47.2 Å². The van der Waals surface area contributed by atoms with E-state index in [1.165, 1.54) is 23.1 Å². The predicted octanol–water partition coefficient (Wildman–Crippen LogP) is 2.91. The maximum absolute atomic E-state index is 11.7. The van der Waals surface area contributed by atoms with Gasteiger partial charge in [-0.25, -0.2) is 4.79 Å². The van der Waals surface area contributed by atoms with E-state index >= 15 is 0 Å². The van der Waals surface area contributed by atoms with E-state index < -0.39 is 0 Å². The molecular weight excluding hydrogens is 280 g/mol. The van der Waals surface area contributed by atoms with Crippen LogP contribution >= 0.6 is 23.1 Å². The number of amides is 2. The SMILES string of the molecule is C#CCSc1nnc(NC(=O)Nc2ccccc2)s1. The topological polar surface area (TPSA) is 66.9 Å². The number of urea groups is 1. The van der Waals surface area contributed by atoms with E-state index in [2.05, 4.69) is 26.8 Å². The number of nitrogens with zero attached hydrogens (tertiary/aromatic N) is 2. The molecule has 0 bridgehead atoms. The molecule has 0 aliphatic heterocycles. The zero-order valence-corrected chi connectivity index (χ0v) is 11.4. The van der Waals surface area contributed by atoms with Crippen LogP contribution < -0.4 is 10.6 Å². The fourth-order valence-corrected chi connectivity index (χ4v) is 2.63. The Hall–Kier alpha value is -2.04. The number of carbonyl (C=O) groups is 1. The molecule has 0 fully saturated rings. The third-order valence-electron chi connectivity index (χ3n) is 1.94. The van der Waals surface area contributed by atoms with E-state index in [0.717, 1.165) is 4.34 Å². The number of rotatable bonds is 4. The van der Waals surface area contributed by atoms with Crippen molar-refractivity contribution in [1.82, 2.24) is 10.2 Å². The highest BCUT2D eigenvalue weighted by Crippen LogP contribution is 2.24. The Kier molecular flexibility index (Phi) is 4.78. The van der Waals surface area contributed by atoms with Gasteiger partial charge in [-0.2, -0.15) is 0 Å². The number of hydrogen-bond acceptors (Lipinski definition) is 5. The van der Waals surface area contributed by atoms with Crippen molar-refractivity contribution in [2.75, 3.05) is 16.4 Å². The summed E-state index contributed by atoms with van der Waals surface area (Å²) in [7, 11) is 0. The van der Waals surface area contributed by atoms with Gasteiger partial charge in [-0.3, -0.25) is 5.32 Å². The summed E-state index contributed by atoms with van der Waals surface area (Å²) in [6.45, 7) is 0. The second-order valence-corrected chi connectivity index (χ2v) is 5.51. The number of thioether (sulfide) groups is 1. The van der Waals surface area contributed by atoms with Crippen molar-refractivity contribution in [2.45, 2.75) is 4.34 Å². The molecule has 1 aromatic carbocycles. The average molecular weight is 290 g/mol. The van der Waals surface area contributed by atoms with Crippen LogP contribution in [0, 0.1) is 12.3 Å². The van der Waals surface area contributed by atoms with Gasteiger partial charge in [0.15, 0.2) is 4.34 Å². The molecule has 19 heavy (non-hydrogen) atoms. The van der Waals surface area contributed by atoms with E-state index in [4.69, 9.17) is 6.42 Å². The number of hydrogen-bond donors (Lipinski definition) is 2. The lowest BCUT2D eigenvalue weighted by molar-refractivity contribution is 0.262. The van der Waals surface area contributed by atoms with Crippen molar-refractivity contribution >= 4 is 39.9 Å².